The molecule has 4 atom stereocenters. The number of ketones is 2. The average Bonchev–Trinajstić information content (AvgIpc) is 3.49. The van der Waals surface area contributed by atoms with Gasteiger partial charge in [-0.15, -0.1) is 0 Å². The minimum Gasteiger partial charge on any atom is -0.352 e. The summed E-state index contributed by atoms with van der Waals surface area (Å²) in [5.41, 5.74) is 3.71. The van der Waals surface area contributed by atoms with Crippen molar-refractivity contribution in [3.8, 4) is 0 Å². The fraction of sp³-hybridized carbons (Fsp3) is 0.194. The van der Waals surface area contributed by atoms with Gasteiger partial charge in [-0.05, 0) is 47.4 Å². The molecule has 3 aliphatic heterocycles. The van der Waals surface area contributed by atoms with E-state index in [2.05, 4.69) is 12.2 Å². The van der Waals surface area contributed by atoms with E-state index in [4.69, 9.17) is 11.6 Å². The highest BCUT2D eigenvalue weighted by molar-refractivity contribution is 6.34. The van der Waals surface area contributed by atoms with Crippen LogP contribution in [0.3, 0.4) is 0 Å². The van der Waals surface area contributed by atoms with Gasteiger partial charge in [0, 0.05) is 22.5 Å². The highest BCUT2D eigenvalue weighted by Gasteiger charge is 2.70. The zero-order valence-electron chi connectivity index (χ0n) is 23.1. The number of fused-ring (bicyclic) bond motifs is 6. The number of Topliss-reactive ketones (excluding diaryl/α,β-unsaturated/α-hetero) is 2. The average molecular weight is 573 g/mol. The van der Waals surface area contributed by atoms with Crippen molar-refractivity contribution in [1.82, 2.24) is 0 Å². The summed E-state index contributed by atoms with van der Waals surface area (Å²) in [5, 5.41) is 3.38. The van der Waals surface area contributed by atoms with Crippen LogP contribution in [0.5, 0.6) is 0 Å². The van der Waals surface area contributed by atoms with Gasteiger partial charge in [0.1, 0.15) is 11.5 Å². The van der Waals surface area contributed by atoms with Gasteiger partial charge in [-0.2, -0.15) is 0 Å². The quantitative estimate of drug-likeness (QED) is 0.249. The van der Waals surface area contributed by atoms with Crippen molar-refractivity contribution in [2.24, 2.45) is 5.92 Å². The summed E-state index contributed by atoms with van der Waals surface area (Å²) >= 11 is 6.61. The van der Waals surface area contributed by atoms with Crippen LogP contribution in [0.15, 0.2) is 103 Å². The second-order valence-electron chi connectivity index (χ2n) is 11.2. The maximum Gasteiger partial charge on any atom is 0.238 e. The number of carbonyl (C=O) groups is 3. The first-order chi connectivity index (χ1) is 20.5. The Morgan fingerprint density at radius 2 is 1.60 bits per heavy atom. The monoisotopic (exact) mass is 572 g/mol. The van der Waals surface area contributed by atoms with Crippen molar-refractivity contribution in [3.63, 3.8) is 0 Å². The molecule has 1 N–H and O–H groups in total. The number of amides is 1. The van der Waals surface area contributed by atoms with Gasteiger partial charge in [-0.3, -0.25) is 14.4 Å². The van der Waals surface area contributed by atoms with E-state index in [0.29, 0.717) is 21.8 Å². The summed E-state index contributed by atoms with van der Waals surface area (Å²) in [6.07, 6.45) is 5.87. The number of aryl methyl sites for hydroxylation is 1. The second kappa shape index (κ2) is 10.1. The molecule has 0 aliphatic carbocycles. The molecule has 0 aromatic heterocycles. The number of nitrogens with zero attached hydrogens (tertiary/aromatic N) is 1. The number of nitrogens with one attached hydrogen (secondary N) is 1. The zero-order valence-corrected chi connectivity index (χ0v) is 23.8. The van der Waals surface area contributed by atoms with Gasteiger partial charge in [0.25, 0.3) is 0 Å². The molecule has 0 saturated carbocycles. The highest BCUT2D eigenvalue weighted by Crippen LogP contribution is 2.58. The predicted molar refractivity (Wildman–Crippen MR) is 166 cm³/mol. The van der Waals surface area contributed by atoms with Gasteiger partial charge in [-0.1, -0.05) is 110 Å². The summed E-state index contributed by atoms with van der Waals surface area (Å²) < 4.78 is 0. The lowest BCUT2D eigenvalue weighted by molar-refractivity contribution is -0.121. The molecule has 6 heteroatoms. The fourth-order valence-electron chi connectivity index (χ4n) is 7.24. The zero-order chi connectivity index (χ0) is 29.0. The first-order valence-electron chi connectivity index (χ1n) is 14.3. The summed E-state index contributed by atoms with van der Waals surface area (Å²) in [4.78, 5) is 46.1. The summed E-state index contributed by atoms with van der Waals surface area (Å²) in [7, 11) is 0. The van der Waals surface area contributed by atoms with Crippen molar-refractivity contribution in [2.45, 2.75) is 37.3 Å². The number of hydrogen-bond donors (Lipinski definition) is 1. The molecule has 1 fully saturated rings. The first-order valence-corrected chi connectivity index (χ1v) is 14.7. The van der Waals surface area contributed by atoms with E-state index in [0.717, 1.165) is 35.2 Å². The van der Waals surface area contributed by atoms with Crippen LogP contribution in [0.4, 0.5) is 11.4 Å². The van der Waals surface area contributed by atoms with E-state index < -0.39 is 23.4 Å². The molecule has 0 bridgehead atoms. The molecule has 4 aromatic rings. The molecular weight excluding hydrogens is 544 g/mol. The Kier molecular flexibility index (Phi) is 6.36. The molecule has 0 radical (unpaired) electrons. The van der Waals surface area contributed by atoms with Crippen molar-refractivity contribution in [3.05, 3.63) is 136 Å². The van der Waals surface area contributed by atoms with E-state index in [1.54, 1.807) is 24.3 Å². The Hall–Kier alpha value is -4.48. The Balaban J connectivity index is 1.51. The second-order valence-corrected chi connectivity index (χ2v) is 11.6. The number of para-hydroxylation sites is 2. The van der Waals surface area contributed by atoms with Crippen LogP contribution in [0.25, 0.3) is 6.08 Å². The Bertz CT molecular complexity index is 1780. The van der Waals surface area contributed by atoms with Crippen molar-refractivity contribution >= 4 is 46.5 Å². The summed E-state index contributed by atoms with van der Waals surface area (Å²) in [6.45, 7) is 2.12. The van der Waals surface area contributed by atoms with E-state index in [-0.39, 0.29) is 17.5 Å². The van der Waals surface area contributed by atoms with Crippen LogP contribution in [-0.2, 0) is 16.6 Å². The molecule has 1 amide bonds. The lowest BCUT2D eigenvalue weighted by Crippen LogP contribution is -2.51. The number of rotatable bonds is 6. The molecule has 3 heterocycles. The molecule has 42 heavy (non-hydrogen) atoms. The summed E-state index contributed by atoms with van der Waals surface area (Å²) in [6, 6.07) is 28.3. The van der Waals surface area contributed by atoms with Crippen molar-refractivity contribution in [2.75, 3.05) is 10.2 Å². The van der Waals surface area contributed by atoms with Crippen LogP contribution >= 0.6 is 11.6 Å². The molecule has 4 aromatic carbocycles. The first kappa shape index (κ1) is 26.4. The Morgan fingerprint density at radius 3 is 2.38 bits per heavy atom. The lowest BCUT2D eigenvalue weighted by Gasteiger charge is -2.37. The van der Waals surface area contributed by atoms with Gasteiger partial charge in [-0.25, -0.2) is 0 Å². The van der Waals surface area contributed by atoms with E-state index in [1.807, 2.05) is 89.8 Å². The van der Waals surface area contributed by atoms with Crippen LogP contribution in [0.2, 0.25) is 5.02 Å². The minimum absolute atomic E-state index is 0.240. The molecule has 4 unspecified atom stereocenters. The maximum absolute atomic E-state index is 14.9. The normalized spacial score (nSPS) is 23.3. The van der Waals surface area contributed by atoms with E-state index >= 15 is 0 Å². The SMILES string of the molecule is CCCc1ccc(C(=O)C2C(C(=O)c3ccccc3Cl)N3c4ccccc4C=CC3C23C(=O)Nc2ccccc23)cc1. The Morgan fingerprint density at radius 1 is 0.881 bits per heavy atom. The number of carbonyl (C=O) groups excluding carboxylic acids is 3. The predicted octanol–water partition coefficient (Wildman–Crippen LogP) is 7.15. The van der Waals surface area contributed by atoms with Gasteiger partial charge in [0.15, 0.2) is 11.6 Å². The smallest absolute Gasteiger partial charge is 0.238 e. The molecule has 1 saturated heterocycles. The maximum atomic E-state index is 14.9. The molecular formula is C36H29ClN2O3. The number of halogens is 1. The molecule has 5 nitrogen and oxygen atoms in total. The van der Waals surface area contributed by atoms with Crippen molar-refractivity contribution < 1.29 is 14.4 Å². The topological polar surface area (TPSA) is 66.5 Å². The number of benzene rings is 4. The van der Waals surface area contributed by atoms with Crippen LogP contribution < -0.4 is 10.2 Å². The Labute approximate surface area is 249 Å². The summed E-state index contributed by atoms with van der Waals surface area (Å²) in [5.74, 6) is -1.83. The number of anilines is 2. The van der Waals surface area contributed by atoms with Gasteiger partial charge >= 0.3 is 0 Å². The number of hydrogen-bond acceptors (Lipinski definition) is 4. The molecule has 7 rings (SSSR count). The van der Waals surface area contributed by atoms with Crippen LogP contribution in [-0.4, -0.2) is 29.6 Å². The molecule has 1 spiro atoms. The van der Waals surface area contributed by atoms with Gasteiger partial charge in [0.2, 0.25) is 5.91 Å². The van der Waals surface area contributed by atoms with Gasteiger partial charge in [0.05, 0.1) is 17.0 Å². The van der Waals surface area contributed by atoms with Crippen LogP contribution in [0.1, 0.15) is 50.8 Å². The van der Waals surface area contributed by atoms with Crippen molar-refractivity contribution in [1.29, 1.82) is 0 Å². The third-order valence-electron chi connectivity index (χ3n) is 9.01. The van der Waals surface area contributed by atoms with Gasteiger partial charge < -0.3 is 10.2 Å². The highest BCUT2D eigenvalue weighted by atomic mass is 35.5. The third kappa shape index (κ3) is 3.73. The molecule has 208 valence electrons. The van der Waals surface area contributed by atoms with E-state index in [1.165, 1.54) is 0 Å². The minimum atomic E-state index is -1.35. The third-order valence-corrected chi connectivity index (χ3v) is 9.34. The largest absolute Gasteiger partial charge is 0.352 e. The standard InChI is InChI=1S/C36H29ClN2O3/c1-2-9-22-16-18-24(19-17-22)33(40)31-32(34(41)25-11-4-6-13-27(25)37)39-29-15-8-3-10-23(29)20-21-30(39)36(31)26-12-5-7-14-28(26)38-35(36)42/h3-8,10-21,30-32H,2,9H2,1H3,(H,38,42). The van der Waals surface area contributed by atoms with Crippen LogP contribution in [0, 0.1) is 5.92 Å². The fourth-order valence-corrected chi connectivity index (χ4v) is 7.47. The molecule has 3 aliphatic rings. The van der Waals surface area contributed by atoms with E-state index in [9.17, 15) is 14.4 Å². The lowest BCUT2D eigenvalue weighted by atomic mass is 9.64.